The Bertz CT molecular complexity index is 601. The second kappa shape index (κ2) is 4.61. The third-order valence-corrected chi connectivity index (χ3v) is 3.06. The highest BCUT2D eigenvalue weighted by atomic mass is 16.4. The molecule has 0 N–H and O–H groups in total. The lowest BCUT2D eigenvalue weighted by Crippen LogP contribution is -1.86. The Morgan fingerprint density at radius 1 is 0.722 bits per heavy atom. The van der Waals surface area contributed by atoms with Crippen molar-refractivity contribution in [2.24, 2.45) is 0 Å². The molecule has 0 aliphatic carbocycles. The predicted molar refractivity (Wildman–Crippen MR) is 76.5 cm³/mol. The van der Waals surface area contributed by atoms with Crippen LogP contribution < -0.4 is 5.43 Å². The van der Waals surface area contributed by atoms with Gasteiger partial charge in [-0.3, -0.25) is 4.42 Å². The van der Waals surface area contributed by atoms with Crippen LogP contribution in [-0.4, -0.2) is 6.61 Å². The van der Waals surface area contributed by atoms with Crippen molar-refractivity contribution in [1.29, 1.82) is 0 Å². The van der Waals surface area contributed by atoms with E-state index in [4.69, 9.17) is 4.42 Å². The molecule has 1 nitrogen and oxygen atoms in total. The summed E-state index contributed by atoms with van der Waals surface area (Å²) < 4.78 is 5.73. The van der Waals surface area contributed by atoms with Crippen LogP contribution in [0, 0.1) is 0 Å². The maximum Gasteiger partial charge on any atom is 0.360 e. The van der Waals surface area contributed by atoms with Crippen LogP contribution >= 0.6 is 0 Å². The summed E-state index contributed by atoms with van der Waals surface area (Å²) >= 11 is 0. The van der Waals surface area contributed by atoms with Gasteiger partial charge in [-0.05, 0) is 11.1 Å². The molecule has 3 aromatic rings. The van der Waals surface area contributed by atoms with Gasteiger partial charge < -0.3 is 0 Å². The molecule has 18 heavy (non-hydrogen) atoms. The van der Waals surface area contributed by atoms with Gasteiger partial charge in [0, 0.05) is 6.92 Å². The molecule has 0 fully saturated rings. The van der Waals surface area contributed by atoms with E-state index >= 15 is 0 Å². The van der Waals surface area contributed by atoms with E-state index in [-0.39, 0.29) is 0 Å². The SMILES string of the molecule is CC[O+]=c1c(-c2ccccc2)c1-c1ccccc1. The molecule has 3 rings (SSSR count). The number of rotatable bonds is 3. The fourth-order valence-electron chi connectivity index (χ4n) is 2.22. The quantitative estimate of drug-likeness (QED) is 0.612. The van der Waals surface area contributed by atoms with Gasteiger partial charge in [0.2, 0.25) is 0 Å². The van der Waals surface area contributed by atoms with Crippen LogP contribution in [0.15, 0.2) is 65.1 Å². The molecule has 0 aliphatic rings. The molecular formula is C17H15O+. The first kappa shape index (κ1) is 11.0. The summed E-state index contributed by atoms with van der Waals surface area (Å²) in [6, 6.07) is 20.8. The second-order valence-corrected chi connectivity index (χ2v) is 4.24. The molecule has 0 saturated carbocycles. The minimum Gasteiger partial charge on any atom is -0.254 e. The Morgan fingerprint density at radius 3 is 1.56 bits per heavy atom. The highest BCUT2D eigenvalue weighted by molar-refractivity contribution is 5.94. The van der Waals surface area contributed by atoms with Gasteiger partial charge in [0.05, 0.1) is 0 Å². The average molecular weight is 235 g/mol. The van der Waals surface area contributed by atoms with E-state index in [0.29, 0.717) is 6.61 Å². The van der Waals surface area contributed by atoms with E-state index in [1.165, 1.54) is 22.3 Å². The van der Waals surface area contributed by atoms with Crippen LogP contribution in [0.4, 0.5) is 0 Å². The van der Waals surface area contributed by atoms with Crippen molar-refractivity contribution >= 4 is 0 Å². The third-order valence-electron chi connectivity index (χ3n) is 3.06. The Balaban J connectivity index is 2.10. The molecule has 0 radical (unpaired) electrons. The summed E-state index contributed by atoms with van der Waals surface area (Å²) in [6.07, 6.45) is 0. The summed E-state index contributed by atoms with van der Waals surface area (Å²) in [4.78, 5) is 0. The molecule has 0 aromatic heterocycles. The van der Waals surface area contributed by atoms with Gasteiger partial charge in [-0.25, -0.2) is 0 Å². The predicted octanol–water partition coefficient (Wildman–Crippen LogP) is 3.81. The first-order valence-corrected chi connectivity index (χ1v) is 6.27. The molecule has 1 heteroatoms. The molecular weight excluding hydrogens is 220 g/mol. The van der Waals surface area contributed by atoms with Crippen molar-refractivity contribution in [2.75, 3.05) is 6.61 Å². The Labute approximate surface area is 107 Å². The lowest BCUT2D eigenvalue weighted by atomic mass is 10.1. The van der Waals surface area contributed by atoms with Gasteiger partial charge in [0.1, 0.15) is 11.1 Å². The summed E-state index contributed by atoms with van der Waals surface area (Å²) in [5.41, 5.74) is 6.03. The first-order valence-electron chi connectivity index (χ1n) is 6.27. The van der Waals surface area contributed by atoms with E-state index in [9.17, 15) is 0 Å². The topological polar surface area (TPSA) is 11.3 Å². The summed E-state index contributed by atoms with van der Waals surface area (Å²) in [5, 5.41) is 0. The van der Waals surface area contributed by atoms with Gasteiger partial charge in [-0.1, -0.05) is 60.7 Å². The minimum absolute atomic E-state index is 0.710. The van der Waals surface area contributed by atoms with Crippen LogP contribution in [0.1, 0.15) is 6.92 Å². The zero-order valence-corrected chi connectivity index (χ0v) is 10.4. The molecule has 0 saturated heterocycles. The molecule has 0 heterocycles. The summed E-state index contributed by atoms with van der Waals surface area (Å²) in [7, 11) is 0. The molecule has 0 aliphatic heterocycles. The lowest BCUT2D eigenvalue weighted by Gasteiger charge is -1.90. The summed E-state index contributed by atoms with van der Waals surface area (Å²) in [6.45, 7) is 2.73. The van der Waals surface area contributed by atoms with Gasteiger partial charge in [0.25, 0.3) is 6.61 Å². The van der Waals surface area contributed by atoms with E-state index in [0.717, 1.165) is 5.43 Å². The highest BCUT2D eigenvalue weighted by Crippen LogP contribution is 2.34. The highest BCUT2D eigenvalue weighted by Gasteiger charge is 2.32. The van der Waals surface area contributed by atoms with Crippen LogP contribution in [0.3, 0.4) is 0 Å². The van der Waals surface area contributed by atoms with Gasteiger partial charge >= 0.3 is 5.43 Å². The molecule has 0 amide bonds. The van der Waals surface area contributed by atoms with Crippen molar-refractivity contribution in [3.8, 4) is 22.3 Å². The van der Waals surface area contributed by atoms with Gasteiger partial charge in [-0.15, -0.1) is 0 Å². The lowest BCUT2D eigenvalue weighted by molar-refractivity contribution is 1.27. The maximum atomic E-state index is 5.73. The third kappa shape index (κ3) is 1.88. The van der Waals surface area contributed by atoms with Crippen molar-refractivity contribution in [1.82, 2.24) is 0 Å². The fourth-order valence-corrected chi connectivity index (χ4v) is 2.22. The van der Waals surface area contributed by atoms with Crippen LogP contribution in [-0.2, 0) is 0 Å². The average Bonchev–Trinajstić information content (AvgIpc) is 3.15. The van der Waals surface area contributed by atoms with E-state index in [2.05, 4.69) is 48.5 Å². The van der Waals surface area contributed by atoms with Crippen LogP contribution in [0.5, 0.6) is 0 Å². The fraction of sp³-hybridized carbons (Fsp3) is 0.118. The van der Waals surface area contributed by atoms with Crippen molar-refractivity contribution < 1.29 is 0 Å². The molecule has 0 bridgehead atoms. The number of benzene rings is 2. The number of hydrogen-bond donors (Lipinski definition) is 0. The molecule has 0 spiro atoms. The van der Waals surface area contributed by atoms with Gasteiger partial charge in [-0.2, -0.15) is 0 Å². The Hall–Kier alpha value is -2.15. The van der Waals surface area contributed by atoms with E-state index in [1.807, 2.05) is 19.1 Å². The Kier molecular flexibility index (Phi) is 2.81. The number of hydrogen-bond acceptors (Lipinski definition) is 0. The minimum atomic E-state index is 0.710. The van der Waals surface area contributed by atoms with Crippen LogP contribution in [0.25, 0.3) is 22.3 Å². The summed E-state index contributed by atoms with van der Waals surface area (Å²) in [5.74, 6) is 0. The second-order valence-electron chi connectivity index (χ2n) is 4.24. The normalized spacial score (nSPS) is 10.7. The zero-order chi connectivity index (χ0) is 12.4. The van der Waals surface area contributed by atoms with Crippen LogP contribution in [0.2, 0.25) is 0 Å². The van der Waals surface area contributed by atoms with E-state index in [1.54, 1.807) is 0 Å². The smallest absolute Gasteiger partial charge is 0.254 e. The molecule has 3 aromatic carbocycles. The van der Waals surface area contributed by atoms with Crippen molar-refractivity contribution in [3.63, 3.8) is 0 Å². The maximum absolute atomic E-state index is 5.73. The molecule has 88 valence electrons. The molecule has 0 unspecified atom stereocenters. The first-order chi connectivity index (χ1) is 8.92. The molecule has 0 atom stereocenters. The van der Waals surface area contributed by atoms with Crippen molar-refractivity contribution in [3.05, 3.63) is 70.5 Å². The van der Waals surface area contributed by atoms with Gasteiger partial charge in [0.15, 0.2) is 0 Å². The largest absolute Gasteiger partial charge is 0.360 e. The standard InChI is InChI=1S/C17H15O/c1-2-18-17-15(13-9-5-3-6-10-13)16(17)14-11-7-4-8-12-14/h3-12H,2H2,1H3/q+1. The zero-order valence-electron chi connectivity index (χ0n) is 10.4. The van der Waals surface area contributed by atoms with Crippen molar-refractivity contribution in [2.45, 2.75) is 6.92 Å². The monoisotopic (exact) mass is 235 g/mol. The van der Waals surface area contributed by atoms with E-state index < -0.39 is 0 Å². The Morgan fingerprint density at radius 2 is 1.17 bits per heavy atom.